The quantitative estimate of drug-likeness (QED) is 0.713. The first-order chi connectivity index (χ1) is 7.29. The van der Waals surface area contributed by atoms with Crippen molar-refractivity contribution in [1.29, 1.82) is 0 Å². The van der Waals surface area contributed by atoms with Gasteiger partial charge in [0.2, 0.25) is 0 Å². The molecule has 15 heavy (non-hydrogen) atoms. The molecule has 0 aromatic carbocycles. The van der Waals surface area contributed by atoms with E-state index >= 15 is 0 Å². The zero-order valence-electron chi connectivity index (χ0n) is 8.69. The molecule has 4 nitrogen and oxygen atoms in total. The number of alkyl halides is 1. The summed E-state index contributed by atoms with van der Waals surface area (Å²) in [6.45, 7) is 4.27. The molecule has 1 unspecified atom stereocenters. The molecule has 0 radical (unpaired) electrons. The predicted molar refractivity (Wildman–Crippen MR) is 59.4 cm³/mol. The summed E-state index contributed by atoms with van der Waals surface area (Å²) in [6, 6.07) is 3.95. The molecule has 2 rings (SSSR count). The summed E-state index contributed by atoms with van der Waals surface area (Å²) in [6.07, 6.45) is 0.100. The summed E-state index contributed by atoms with van der Waals surface area (Å²) < 4.78 is 5.48. The van der Waals surface area contributed by atoms with E-state index in [0.717, 1.165) is 24.6 Å². The molecule has 0 aliphatic carbocycles. The Labute approximate surface area is 94.2 Å². The lowest BCUT2D eigenvalue weighted by Crippen LogP contribution is -2.43. The van der Waals surface area contributed by atoms with Gasteiger partial charge in [-0.2, -0.15) is 5.10 Å². The van der Waals surface area contributed by atoms with Crippen molar-refractivity contribution in [3.8, 4) is 0 Å². The normalized spacial score (nSPS) is 21.7. The van der Waals surface area contributed by atoms with Gasteiger partial charge in [0.1, 0.15) is 0 Å². The first-order valence-corrected chi connectivity index (χ1v) is 5.56. The largest absolute Gasteiger partial charge is 0.373 e. The Morgan fingerprint density at radius 1 is 1.53 bits per heavy atom. The van der Waals surface area contributed by atoms with Crippen molar-refractivity contribution in [2.75, 3.05) is 30.5 Å². The summed E-state index contributed by atoms with van der Waals surface area (Å²) in [4.78, 5) is 2.16. The fourth-order valence-corrected chi connectivity index (χ4v) is 1.77. The van der Waals surface area contributed by atoms with Gasteiger partial charge in [0, 0.05) is 13.1 Å². The Bertz CT molecular complexity index is 317. The topological polar surface area (TPSA) is 38.2 Å². The fourth-order valence-electron chi connectivity index (χ4n) is 1.58. The number of hydrogen-bond donors (Lipinski definition) is 0. The number of anilines is 1. The molecule has 0 bridgehead atoms. The van der Waals surface area contributed by atoms with Gasteiger partial charge in [-0.3, -0.25) is 0 Å². The summed E-state index contributed by atoms with van der Waals surface area (Å²) >= 11 is 5.77. The summed E-state index contributed by atoms with van der Waals surface area (Å²) in [5, 5.41) is 8.19. The maximum absolute atomic E-state index is 5.77. The fraction of sp³-hybridized carbons (Fsp3) is 0.600. The highest BCUT2D eigenvalue weighted by molar-refractivity contribution is 6.18. The van der Waals surface area contributed by atoms with Crippen LogP contribution in [0.4, 0.5) is 5.82 Å². The van der Waals surface area contributed by atoms with Crippen molar-refractivity contribution in [3.63, 3.8) is 0 Å². The van der Waals surface area contributed by atoms with Crippen molar-refractivity contribution in [2.45, 2.75) is 13.0 Å². The summed E-state index contributed by atoms with van der Waals surface area (Å²) in [5.41, 5.74) is 0.931. The Kier molecular flexibility index (Phi) is 3.38. The summed E-state index contributed by atoms with van der Waals surface area (Å²) in [5.74, 6) is 1.43. The van der Waals surface area contributed by atoms with Crippen molar-refractivity contribution < 1.29 is 4.74 Å². The predicted octanol–water partition coefficient (Wildman–Crippen LogP) is 1.23. The molecule has 1 fully saturated rings. The van der Waals surface area contributed by atoms with E-state index in [9.17, 15) is 0 Å². The molecule has 1 aromatic heterocycles. The van der Waals surface area contributed by atoms with E-state index in [-0.39, 0.29) is 6.10 Å². The lowest BCUT2D eigenvalue weighted by atomic mass is 10.3. The van der Waals surface area contributed by atoms with Crippen LogP contribution < -0.4 is 4.90 Å². The van der Waals surface area contributed by atoms with Gasteiger partial charge < -0.3 is 9.64 Å². The molecule has 0 N–H and O–H groups in total. The molecule has 0 saturated carbocycles. The highest BCUT2D eigenvalue weighted by Crippen LogP contribution is 2.14. The van der Waals surface area contributed by atoms with Crippen LogP contribution in [-0.4, -0.2) is 41.9 Å². The molecule has 1 aliphatic rings. The zero-order valence-corrected chi connectivity index (χ0v) is 9.44. The second-order valence-electron chi connectivity index (χ2n) is 3.63. The van der Waals surface area contributed by atoms with Gasteiger partial charge in [-0.1, -0.05) is 0 Å². The number of aryl methyl sites for hydroxylation is 1. The minimum absolute atomic E-state index is 0.100. The van der Waals surface area contributed by atoms with Crippen LogP contribution in [0.2, 0.25) is 0 Å². The van der Waals surface area contributed by atoms with Gasteiger partial charge in [0.25, 0.3) is 0 Å². The maximum Gasteiger partial charge on any atom is 0.151 e. The smallest absolute Gasteiger partial charge is 0.151 e. The standard InChI is InChI=1S/C10H14ClN3O/c1-8-2-3-10(13-12-8)14-4-5-15-9(6-11)7-14/h2-3,9H,4-7H2,1H3. The minimum atomic E-state index is 0.100. The SMILES string of the molecule is Cc1ccc(N2CCOC(CCl)C2)nn1. The number of halogens is 1. The highest BCUT2D eigenvalue weighted by Gasteiger charge is 2.20. The van der Waals surface area contributed by atoms with Crippen LogP contribution in [0.3, 0.4) is 0 Å². The lowest BCUT2D eigenvalue weighted by molar-refractivity contribution is 0.0551. The molecular formula is C10H14ClN3O. The third-order valence-corrected chi connectivity index (χ3v) is 2.76. The molecule has 5 heteroatoms. The second-order valence-corrected chi connectivity index (χ2v) is 3.93. The first-order valence-electron chi connectivity index (χ1n) is 5.02. The van der Waals surface area contributed by atoms with Crippen molar-refractivity contribution in [2.24, 2.45) is 0 Å². The van der Waals surface area contributed by atoms with Crippen LogP contribution in [0.5, 0.6) is 0 Å². The van der Waals surface area contributed by atoms with Gasteiger partial charge in [0.15, 0.2) is 5.82 Å². The molecular weight excluding hydrogens is 214 g/mol. The van der Waals surface area contributed by atoms with Gasteiger partial charge in [-0.25, -0.2) is 0 Å². The molecule has 0 amide bonds. The van der Waals surface area contributed by atoms with E-state index < -0.39 is 0 Å². The Hall–Kier alpha value is -0.870. The van der Waals surface area contributed by atoms with E-state index in [1.165, 1.54) is 0 Å². The third kappa shape index (κ3) is 2.58. The van der Waals surface area contributed by atoms with Gasteiger partial charge in [0.05, 0.1) is 24.3 Å². The number of aromatic nitrogens is 2. The van der Waals surface area contributed by atoms with E-state index in [1.54, 1.807) is 0 Å². The van der Waals surface area contributed by atoms with Crippen molar-refractivity contribution in [3.05, 3.63) is 17.8 Å². The van der Waals surface area contributed by atoms with E-state index in [2.05, 4.69) is 15.1 Å². The van der Waals surface area contributed by atoms with Crippen LogP contribution in [0.25, 0.3) is 0 Å². The van der Waals surface area contributed by atoms with Crippen LogP contribution in [0.1, 0.15) is 5.69 Å². The van der Waals surface area contributed by atoms with Crippen LogP contribution in [-0.2, 0) is 4.74 Å². The zero-order chi connectivity index (χ0) is 10.7. The first kappa shape index (κ1) is 10.6. The lowest BCUT2D eigenvalue weighted by Gasteiger charge is -2.32. The molecule has 1 atom stereocenters. The average Bonchev–Trinajstić information content (AvgIpc) is 2.30. The number of nitrogens with zero attached hydrogens (tertiary/aromatic N) is 3. The second kappa shape index (κ2) is 4.77. The number of morpholine rings is 1. The Morgan fingerprint density at radius 3 is 3.07 bits per heavy atom. The Balaban J connectivity index is 2.06. The van der Waals surface area contributed by atoms with Crippen molar-refractivity contribution in [1.82, 2.24) is 10.2 Å². The van der Waals surface area contributed by atoms with Crippen LogP contribution in [0, 0.1) is 6.92 Å². The van der Waals surface area contributed by atoms with Gasteiger partial charge >= 0.3 is 0 Å². The molecule has 82 valence electrons. The van der Waals surface area contributed by atoms with E-state index in [0.29, 0.717) is 12.5 Å². The van der Waals surface area contributed by atoms with Crippen molar-refractivity contribution >= 4 is 17.4 Å². The van der Waals surface area contributed by atoms with Gasteiger partial charge in [-0.05, 0) is 19.1 Å². The highest BCUT2D eigenvalue weighted by atomic mass is 35.5. The number of rotatable bonds is 2. The maximum atomic E-state index is 5.77. The summed E-state index contributed by atoms with van der Waals surface area (Å²) in [7, 11) is 0. The molecule has 1 aromatic rings. The molecule has 1 aliphatic heterocycles. The van der Waals surface area contributed by atoms with E-state index in [1.807, 2.05) is 19.1 Å². The minimum Gasteiger partial charge on any atom is -0.373 e. The molecule has 2 heterocycles. The molecule has 1 saturated heterocycles. The number of ether oxygens (including phenoxy) is 1. The number of hydrogen-bond acceptors (Lipinski definition) is 4. The monoisotopic (exact) mass is 227 g/mol. The molecule has 0 spiro atoms. The van der Waals surface area contributed by atoms with Crippen LogP contribution >= 0.6 is 11.6 Å². The average molecular weight is 228 g/mol. The third-order valence-electron chi connectivity index (χ3n) is 2.42. The van der Waals surface area contributed by atoms with Crippen LogP contribution in [0.15, 0.2) is 12.1 Å². The van der Waals surface area contributed by atoms with Gasteiger partial charge in [-0.15, -0.1) is 16.7 Å². The van der Waals surface area contributed by atoms with E-state index in [4.69, 9.17) is 16.3 Å². The Morgan fingerprint density at radius 2 is 2.40 bits per heavy atom.